The molecular formula is C24H35F5S. The Kier molecular flexibility index (Phi) is 11.0. The largest absolute Gasteiger partial charge is 0.453 e. The Hall–Kier alpha value is -0.780. The van der Waals surface area contributed by atoms with E-state index in [9.17, 15) is 22.0 Å². The summed E-state index contributed by atoms with van der Waals surface area (Å²) >= 11 is 1.49. The fourth-order valence-electron chi connectivity index (χ4n) is 4.27. The van der Waals surface area contributed by atoms with Crippen LogP contribution in [0.25, 0.3) is 0 Å². The second-order valence-corrected chi connectivity index (χ2v) is 9.69. The molecule has 1 unspecified atom stereocenters. The van der Waals surface area contributed by atoms with Gasteiger partial charge in [-0.05, 0) is 67.1 Å². The molecule has 1 aromatic carbocycles. The van der Waals surface area contributed by atoms with E-state index in [1.54, 1.807) is 11.1 Å². The Balaban J connectivity index is 1.39. The predicted molar refractivity (Wildman–Crippen MR) is 117 cm³/mol. The van der Waals surface area contributed by atoms with Crippen molar-refractivity contribution in [2.45, 2.75) is 101 Å². The zero-order valence-corrected chi connectivity index (χ0v) is 18.6. The quantitative estimate of drug-likeness (QED) is 0.201. The van der Waals surface area contributed by atoms with Crippen LogP contribution in [0.1, 0.15) is 94.1 Å². The van der Waals surface area contributed by atoms with Crippen LogP contribution >= 0.6 is 11.8 Å². The second kappa shape index (κ2) is 12.9. The summed E-state index contributed by atoms with van der Waals surface area (Å²) in [5.74, 6) is -2.59. The normalized spacial score (nSPS) is 17.2. The van der Waals surface area contributed by atoms with Crippen LogP contribution in [0.3, 0.4) is 0 Å². The average molecular weight is 451 g/mol. The molecule has 1 atom stereocenters. The molecule has 1 aliphatic rings. The summed E-state index contributed by atoms with van der Waals surface area (Å²) < 4.78 is 61.7. The van der Waals surface area contributed by atoms with Crippen LogP contribution in [-0.4, -0.2) is 23.6 Å². The number of aryl methyl sites for hydroxylation is 1. The Morgan fingerprint density at radius 1 is 0.800 bits per heavy atom. The molecule has 6 heteroatoms. The van der Waals surface area contributed by atoms with Crippen LogP contribution in [-0.2, 0) is 6.42 Å². The van der Waals surface area contributed by atoms with Crippen molar-refractivity contribution in [3.05, 3.63) is 35.4 Å². The highest BCUT2D eigenvalue weighted by molar-refractivity contribution is 7.99. The highest BCUT2D eigenvalue weighted by atomic mass is 32.2. The molecule has 0 saturated carbocycles. The van der Waals surface area contributed by atoms with Gasteiger partial charge in [-0.15, -0.1) is 0 Å². The minimum Gasteiger partial charge on any atom is -0.196 e. The standard InChI is InChI=1S/C24H35F5S/c25-23(26,24(27,28)29)17-11-19-30-18-9-5-3-1-2-4-6-12-20-14-10-15-21-13-7-8-16-22(20)21/h7-8,13,16,20H,1-6,9-12,14-15,17-19H2. The molecule has 0 radical (unpaired) electrons. The summed E-state index contributed by atoms with van der Waals surface area (Å²) in [6.07, 6.45) is 6.89. The Labute approximate surface area is 182 Å². The molecule has 172 valence electrons. The van der Waals surface area contributed by atoms with Gasteiger partial charge in [0.1, 0.15) is 0 Å². The van der Waals surface area contributed by atoms with Crippen LogP contribution < -0.4 is 0 Å². The van der Waals surface area contributed by atoms with Crippen molar-refractivity contribution in [1.29, 1.82) is 0 Å². The number of alkyl halides is 5. The summed E-state index contributed by atoms with van der Waals surface area (Å²) in [5.41, 5.74) is 3.11. The first kappa shape index (κ1) is 25.5. The maximum atomic E-state index is 12.8. The lowest BCUT2D eigenvalue weighted by atomic mass is 9.80. The molecule has 0 bridgehead atoms. The molecule has 0 nitrogen and oxygen atoms in total. The number of hydrogen-bond donors (Lipinski definition) is 0. The zero-order valence-electron chi connectivity index (χ0n) is 17.8. The van der Waals surface area contributed by atoms with Crippen LogP contribution in [0.4, 0.5) is 22.0 Å². The number of unbranched alkanes of at least 4 members (excludes halogenated alkanes) is 6. The molecule has 0 fully saturated rings. The van der Waals surface area contributed by atoms with Gasteiger partial charge in [-0.3, -0.25) is 0 Å². The fourth-order valence-corrected chi connectivity index (χ4v) is 5.23. The van der Waals surface area contributed by atoms with Crippen molar-refractivity contribution in [1.82, 2.24) is 0 Å². The summed E-state index contributed by atoms with van der Waals surface area (Å²) in [7, 11) is 0. The van der Waals surface area contributed by atoms with Gasteiger partial charge in [0.2, 0.25) is 0 Å². The molecule has 0 amide bonds. The Morgan fingerprint density at radius 2 is 1.43 bits per heavy atom. The van der Waals surface area contributed by atoms with Crippen molar-refractivity contribution < 1.29 is 22.0 Å². The molecule has 0 spiro atoms. The maximum Gasteiger partial charge on any atom is 0.453 e. The Bertz CT molecular complexity index is 600. The molecule has 30 heavy (non-hydrogen) atoms. The van der Waals surface area contributed by atoms with E-state index < -0.39 is 18.5 Å². The van der Waals surface area contributed by atoms with E-state index in [-0.39, 0.29) is 6.42 Å². The van der Waals surface area contributed by atoms with Crippen LogP contribution in [0.2, 0.25) is 0 Å². The number of hydrogen-bond acceptors (Lipinski definition) is 1. The van der Waals surface area contributed by atoms with Gasteiger partial charge in [0.05, 0.1) is 0 Å². The van der Waals surface area contributed by atoms with Crippen LogP contribution in [0, 0.1) is 0 Å². The molecule has 1 aromatic rings. The van der Waals surface area contributed by atoms with Gasteiger partial charge in [-0.25, -0.2) is 0 Å². The van der Waals surface area contributed by atoms with Crippen molar-refractivity contribution in [2.24, 2.45) is 0 Å². The van der Waals surface area contributed by atoms with Crippen LogP contribution in [0.5, 0.6) is 0 Å². The van der Waals surface area contributed by atoms with E-state index in [2.05, 4.69) is 24.3 Å². The molecule has 0 N–H and O–H groups in total. The molecule has 0 aliphatic heterocycles. The minimum atomic E-state index is -5.42. The topological polar surface area (TPSA) is 0 Å². The number of halogens is 5. The lowest BCUT2D eigenvalue weighted by Gasteiger charge is -2.25. The molecule has 0 saturated heterocycles. The van der Waals surface area contributed by atoms with Crippen molar-refractivity contribution in [3.63, 3.8) is 0 Å². The van der Waals surface area contributed by atoms with Gasteiger partial charge < -0.3 is 0 Å². The first-order chi connectivity index (χ1) is 14.3. The van der Waals surface area contributed by atoms with Gasteiger partial charge in [-0.2, -0.15) is 33.7 Å². The van der Waals surface area contributed by atoms with E-state index in [1.807, 2.05) is 0 Å². The average Bonchev–Trinajstić information content (AvgIpc) is 2.70. The first-order valence-corrected chi connectivity index (χ1v) is 12.6. The SMILES string of the molecule is FC(F)(F)C(F)(F)CCCSCCCCCCCCCC1CCCc2ccccc21. The van der Waals surface area contributed by atoms with Gasteiger partial charge >= 0.3 is 12.1 Å². The van der Waals surface area contributed by atoms with E-state index in [1.165, 1.54) is 69.5 Å². The summed E-state index contributed by atoms with van der Waals surface area (Å²) in [4.78, 5) is 0. The van der Waals surface area contributed by atoms with E-state index in [4.69, 9.17) is 0 Å². The Morgan fingerprint density at radius 3 is 2.17 bits per heavy atom. The van der Waals surface area contributed by atoms with Crippen molar-refractivity contribution in [3.8, 4) is 0 Å². The lowest BCUT2D eigenvalue weighted by molar-refractivity contribution is -0.284. The van der Waals surface area contributed by atoms with E-state index in [0.717, 1.165) is 24.5 Å². The molecule has 0 heterocycles. The predicted octanol–water partition coefficient (Wildman–Crippen LogP) is 8.94. The van der Waals surface area contributed by atoms with E-state index >= 15 is 0 Å². The highest BCUT2D eigenvalue weighted by Gasteiger charge is 2.56. The number of benzene rings is 1. The third kappa shape index (κ3) is 8.76. The van der Waals surface area contributed by atoms with Crippen LogP contribution in [0.15, 0.2) is 24.3 Å². The minimum absolute atomic E-state index is 0.0946. The van der Waals surface area contributed by atoms with Crippen molar-refractivity contribution in [2.75, 3.05) is 11.5 Å². The second-order valence-electron chi connectivity index (χ2n) is 8.47. The smallest absolute Gasteiger partial charge is 0.196 e. The maximum absolute atomic E-state index is 12.8. The van der Waals surface area contributed by atoms with Gasteiger partial charge in [-0.1, -0.05) is 62.8 Å². The first-order valence-electron chi connectivity index (χ1n) is 11.4. The highest BCUT2D eigenvalue weighted by Crippen LogP contribution is 2.39. The number of thioether (sulfide) groups is 1. The molecule has 0 aromatic heterocycles. The third-order valence-corrected chi connectivity index (χ3v) is 7.18. The van der Waals surface area contributed by atoms with Gasteiger partial charge in [0.15, 0.2) is 0 Å². The monoisotopic (exact) mass is 450 g/mol. The number of rotatable bonds is 14. The molecule has 2 rings (SSSR count). The summed E-state index contributed by atoms with van der Waals surface area (Å²) in [6, 6.07) is 8.88. The summed E-state index contributed by atoms with van der Waals surface area (Å²) in [6.45, 7) is 0. The third-order valence-electron chi connectivity index (χ3n) is 6.03. The molecule has 1 aliphatic carbocycles. The molecular weight excluding hydrogens is 415 g/mol. The summed E-state index contributed by atoms with van der Waals surface area (Å²) in [5, 5.41) is 0. The van der Waals surface area contributed by atoms with E-state index in [0.29, 0.717) is 5.75 Å². The van der Waals surface area contributed by atoms with Gasteiger partial charge in [0.25, 0.3) is 0 Å². The van der Waals surface area contributed by atoms with Gasteiger partial charge in [0, 0.05) is 6.42 Å². The lowest BCUT2D eigenvalue weighted by Crippen LogP contribution is -2.36. The fraction of sp³-hybridized carbons (Fsp3) is 0.750. The number of fused-ring (bicyclic) bond motifs is 1. The zero-order chi connectivity index (χ0) is 21.9. The van der Waals surface area contributed by atoms with Crippen molar-refractivity contribution >= 4 is 11.8 Å².